The smallest absolute Gasteiger partial charge is 0.256 e. The van der Waals surface area contributed by atoms with Crippen LogP contribution in [0.3, 0.4) is 0 Å². The first-order chi connectivity index (χ1) is 9.20. The van der Waals surface area contributed by atoms with Gasteiger partial charge in [0.2, 0.25) is 0 Å². The minimum atomic E-state index is -0.640. The zero-order chi connectivity index (χ0) is 13.7. The van der Waals surface area contributed by atoms with Gasteiger partial charge in [0, 0.05) is 12.8 Å². The molecule has 0 aromatic heterocycles. The molecule has 1 N–H and O–H groups in total. The van der Waals surface area contributed by atoms with E-state index in [4.69, 9.17) is 9.47 Å². The van der Waals surface area contributed by atoms with E-state index in [0.717, 1.165) is 37.1 Å². The zero-order valence-electron chi connectivity index (χ0n) is 11.6. The Kier molecular flexibility index (Phi) is 4.43. The van der Waals surface area contributed by atoms with Gasteiger partial charge < -0.3 is 14.8 Å². The number of hydrogen-bond acceptors (Lipinski definition) is 3. The molecule has 104 valence electrons. The van der Waals surface area contributed by atoms with Crippen molar-refractivity contribution >= 4 is 11.6 Å². The number of amides is 1. The number of anilines is 1. The number of benzene rings is 1. The second-order valence-corrected chi connectivity index (χ2v) is 4.82. The molecule has 0 radical (unpaired) electrons. The van der Waals surface area contributed by atoms with Gasteiger partial charge >= 0.3 is 0 Å². The van der Waals surface area contributed by atoms with Gasteiger partial charge in [-0.05, 0) is 56.9 Å². The van der Waals surface area contributed by atoms with Crippen LogP contribution in [0.5, 0.6) is 5.75 Å². The summed E-state index contributed by atoms with van der Waals surface area (Å²) in [6.07, 6.45) is 3.69. The fraction of sp³-hybridized carbons (Fsp3) is 0.533. The average Bonchev–Trinajstić information content (AvgIpc) is 2.91. The first-order valence-electron chi connectivity index (χ1n) is 6.79. The Labute approximate surface area is 114 Å². The number of methoxy groups -OCH3 is 1. The number of rotatable bonds is 5. The van der Waals surface area contributed by atoms with Crippen molar-refractivity contribution in [2.75, 3.05) is 19.0 Å². The summed E-state index contributed by atoms with van der Waals surface area (Å²) in [4.78, 5) is 12.3. The van der Waals surface area contributed by atoms with Gasteiger partial charge in [0.25, 0.3) is 5.91 Å². The second-order valence-electron chi connectivity index (χ2n) is 4.82. The lowest BCUT2D eigenvalue weighted by molar-refractivity contribution is -0.136. The molecule has 4 nitrogen and oxygen atoms in total. The van der Waals surface area contributed by atoms with E-state index >= 15 is 0 Å². The minimum Gasteiger partial charge on any atom is -0.494 e. The molecular weight excluding hydrogens is 242 g/mol. The summed E-state index contributed by atoms with van der Waals surface area (Å²) >= 11 is 0. The molecule has 1 amide bonds. The van der Waals surface area contributed by atoms with E-state index in [-0.39, 0.29) is 5.91 Å². The average molecular weight is 263 g/mol. The highest BCUT2D eigenvalue weighted by Gasteiger charge is 2.41. The Morgan fingerprint density at radius 2 is 1.89 bits per heavy atom. The zero-order valence-corrected chi connectivity index (χ0v) is 11.6. The van der Waals surface area contributed by atoms with Gasteiger partial charge in [-0.3, -0.25) is 4.79 Å². The molecule has 0 aliphatic heterocycles. The van der Waals surface area contributed by atoms with E-state index in [1.165, 1.54) is 0 Å². The number of hydrogen-bond donors (Lipinski definition) is 1. The van der Waals surface area contributed by atoms with Crippen LogP contribution in [-0.4, -0.2) is 25.2 Å². The van der Waals surface area contributed by atoms with E-state index in [1.807, 2.05) is 31.2 Å². The molecule has 19 heavy (non-hydrogen) atoms. The molecule has 1 fully saturated rings. The maximum absolute atomic E-state index is 12.3. The molecule has 0 saturated heterocycles. The van der Waals surface area contributed by atoms with Crippen LogP contribution in [0.15, 0.2) is 24.3 Å². The van der Waals surface area contributed by atoms with Gasteiger partial charge in [-0.25, -0.2) is 0 Å². The van der Waals surface area contributed by atoms with Crippen molar-refractivity contribution in [3.8, 4) is 5.75 Å². The van der Waals surface area contributed by atoms with Gasteiger partial charge in [0.1, 0.15) is 11.4 Å². The van der Waals surface area contributed by atoms with E-state index in [9.17, 15) is 4.79 Å². The number of carbonyl (C=O) groups is 1. The molecule has 2 rings (SSSR count). The van der Waals surface area contributed by atoms with E-state index in [2.05, 4.69) is 5.32 Å². The third kappa shape index (κ3) is 3.07. The van der Waals surface area contributed by atoms with Crippen LogP contribution >= 0.6 is 0 Å². The number of nitrogens with one attached hydrogen (secondary N) is 1. The van der Waals surface area contributed by atoms with Crippen molar-refractivity contribution < 1.29 is 14.3 Å². The summed E-state index contributed by atoms with van der Waals surface area (Å²) in [6, 6.07) is 7.41. The van der Waals surface area contributed by atoms with Crippen LogP contribution in [0, 0.1) is 0 Å². The summed E-state index contributed by atoms with van der Waals surface area (Å²) in [5.41, 5.74) is 0.135. The van der Waals surface area contributed by atoms with Crippen LogP contribution in [0.25, 0.3) is 0 Å². The first-order valence-corrected chi connectivity index (χ1v) is 6.79. The normalized spacial score (nSPS) is 17.2. The lowest BCUT2D eigenvalue weighted by Gasteiger charge is -2.25. The monoisotopic (exact) mass is 263 g/mol. The van der Waals surface area contributed by atoms with Crippen molar-refractivity contribution in [2.45, 2.75) is 38.2 Å². The SMILES string of the molecule is CCOc1ccc(NC(=O)C2(OC)CCCC2)cc1. The van der Waals surface area contributed by atoms with Crippen molar-refractivity contribution in [3.63, 3.8) is 0 Å². The molecule has 4 heteroatoms. The van der Waals surface area contributed by atoms with Crippen LogP contribution in [0.4, 0.5) is 5.69 Å². The Morgan fingerprint density at radius 3 is 2.42 bits per heavy atom. The highest BCUT2D eigenvalue weighted by Crippen LogP contribution is 2.33. The molecular formula is C15H21NO3. The van der Waals surface area contributed by atoms with Gasteiger partial charge in [-0.15, -0.1) is 0 Å². The van der Waals surface area contributed by atoms with Gasteiger partial charge in [0.15, 0.2) is 0 Å². The van der Waals surface area contributed by atoms with Gasteiger partial charge in [-0.1, -0.05) is 0 Å². The second kappa shape index (κ2) is 6.06. The lowest BCUT2D eigenvalue weighted by atomic mass is 10.0. The van der Waals surface area contributed by atoms with Crippen molar-refractivity contribution in [2.24, 2.45) is 0 Å². The molecule has 0 heterocycles. The lowest BCUT2D eigenvalue weighted by Crippen LogP contribution is -2.42. The number of carbonyl (C=O) groups excluding carboxylic acids is 1. The third-order valence-electron chi connectivity index (χ3n) is 3.64. The molecule has 0 bridgehead atoms. The van der Waals surface area contributed by atoms with Crippen molar-refractivity contribution in [3.05, 3.63) is 24.3 Å². The van der Waals surface area contributed by atoms with Crippen LogP contribution in [-0.2, 0) is 9.53 Å². The van der Waals surface area contributed by atoms with Crippen LogP contribution in [0.2, 0.25) is 0 Å². The molecule has 0 spiro atoms. The van der Waals surface area contributed by atoms with Crippen LogP contribution < -0.4 is 10.1 Å². The highest BCUT2D eigenvalue weighted by molar-refractivity contribution is 5.97. The molecule has 1 aliphatic carbocycles. The molecule has 0 atom stereocenters. The molecule has 0 unspecified atom stereocenters. The maximum atomic E-state index is 12.3. The van der Waals surface area contributed by atoms with Crippen molar-refractivity contribution in [1.82, 2.24) is 0 Å². The predicted molar refractivity (Wildman–Crippen MR) is 74.4 cm³/mol. The summed E-state index contributed by atoms with van der Waals surface area (Å²) in [5.74, 6) is 0.763. The summed E-state index contributed by atoms with van der Waals surface area (Å²) < 4.78 is 10.8. The minimum absolute atomic E-state index is 0.0448. The van der Waals surface area contributed by atoms with Crippen LogP contribution in [0.1, 0.15) is 32.6 Å². The molecule has 1 aliphatic rings. The highest BCUT2D eigenvalue weighted by atomic mass is 16.5. The number of ether oxygens (including phenoxy) is 2. The Morgan fingerprint density at radius 1 is 1.26 bits per heavy atom. The topological polar surface area (TPSA) is 47.6 Å². The maximum Gasteiger partial charge on any atom is 0.256 e. The fourth-order valence-electron chi connectivity index (χ4n) is 2.52. The summed E-state index contributed by atoms with van der Waals surface area (Å²) in [6.45, 7) is 2.58. The van der Waals surface area contributed by atoms with Crippen molar-refractivity contribution in [1.29, 1.82) is 0 Å². The van der Waals surface area contributed by atoms with Gasteiger partial charge in [-0.2, -0.15) is 0 Å². The largest absolute Gasteiger partial charge is 0.494 e. The molecule has 1 aromatic rings. The van der Waals surface area contributed by atoms with Gasteiger partial charge in [0.05, 0.1) is 6.61 Å². The van der Waals surface area contributed by atoms with E-state index in [0.29, 0.717) is 6.61 Å². The predicted octanol–water partition coefficient (Wildman–Crippen LogP) is 2.98. The van der Waals surface area contributed by atoms with E-state index in [1.54, 1.807) is 7.11 Å². The Balaban J connectivity index is 2.02. The summed E-state index contributed by atoms with van der Waals surface area (Å²) in [7, 11) is 1.61. The standard InChI is InChI=1S/C15H21NO3/c1-3-19-13-8-6-12(7-9-13)16-14(17)15(18-2)10-4-5-11-15/h6-9H,3-5,10-11H2,1-2H3,(H,16,17). The molecule has 1 aromatic carbocycles. The Hall–Kier alpha value is -1.55. The fourth-order valence-corrected chi connectivity index (χ4v) is 2.52. The first kappa shape index (κ1) is 13.9. The summed E-state index contributed by atoms with van der Waals surface area (Å²) in [5, 5.41) is 2.93. The van der Waals surface area contributed by atoms with E-state index < -0.39 is 5.60 Å². The quantitative estimate of drug-likeness (QED) is 0.888. The molecule has 1 saturated carbocycles. The Bertz CT molecular complexity index is 422. The third-order valence-corrected chi connectivity index (χ3v) is 3.64.